The molecular formula is C69H122NO8P. The molecule has 9 nitrogen and oxygen atoms in total. The normalized spacial score (nSPS) is 13.6. The fourth-order valence-corrected chi connectivity index (χ4v) is 9.92. The van der Waals surface area contributed by atoms with Crippen molar-refractivity contribution in [3.8, 4) is 0 Å². The van der Waals surface area contributed by atoms with Gasteiger partial charge in [0, 0.05) is 19.4 Å². The van der Waals surface area contributed by atoms with Crippen molar-refractivity contribution in [2.75, 3.05) is 26.4 Å². The van der Waals surface area contributed by atoms with E-state index in [0.717, 1.165) is 64.2 Å². The molecule has 10 heteroatoms. The lowest BCUT2D eigenvalue weighted by Gasteiger charge is -2.19. The Morgan fingerprint density at radius 2 is 0.709 bits per heavy atom. The summed E-state index contributed by atoms with van der Waals surface area (Å²) in [4.78, 5) is 35.2. The summed E-state index contributed by atoms with van der Waals surface area (Å²) in [5, 5.41) is 0. The van der Waals surface area contributed by atoms with Crippen molar-refractivity contribution >= 4 is 19.8 Å². The lowest BCUT2D eigenvalue weighted by molar-refractivity contribution is -0.161. The third-order valence-electron chi connectivity index (χ3n) is 14.0. The molecule has 456 valence electrons. The number of nitrogens with two attached hydrogens (primary N) is 1. The van der Waals surface area contributed by atoms with Crippen molar-refractivity contribution in [3.63, 3.8) is 0 Å². The number of allylic oxidation sites excluding steroid dienone is 16. The number of carbonyl (C=O) groups excluding carboxylic acids is 2. The van der Waals surface area contributed by atoms with Crippen LogP contribution in [0.15, 0.2) is 97.2 Å². The van der Waals surface area contributed by atoms with Gasteiger partial charge in [-0.25, -0.2) is 4.57 Å². The van der Waals surface area contributed by atoms with Crippen LogP contribution in [0.2, 0.25) is 0 Å². The second kappa shape index (κ2) is 64.1. The van der Waals surface area contributed by atoms with Crippen LogP contribution < -0.4 is 5.73 Å². The van der Waals surface area contributed by atoms with E-state index in [9.17, 15) is 19.0 Å². The standard InChI is InChI=1S/C69H122NO8P/c1-3-5-7-9-11-13-15-17-19-21-23-25-27-28-29-30-31-32-33-34-35-36-37-38-40-41-43-45-47-49-51-53-55-57-59-61-68(71)75-65-67(66-77-79(73,74)76-64-63-70)78-69(72)62-60-58-56-54-52-50-48-46-44-42-39-26-24-22-20-18-16-14-12-10-8-6-4-2/h6,8,12,14,18,20-21,23-24,26,42,44,48,50,54,56,67H,3-5,7,9-11,13,15-17,19,22,25,27-41,43,45-47,49,51-53,55,57-66,70H2,1-2H3,(H,73,74)/b8-6-,14-12-,20-18-,23-21-,26-24-,44-42-,50-48-,56-54-. The molecule has 0 heterocycles. The van der Waals surface area contributed by atoms with Crippen LogP contribution >= 0.6 is 7.82 Å². The fraction of sp³-hybridized carbons (Fsp3) is 0.739. The van der Waals surface area contributed by atoms with Gasteiger partial charge < -0.3 is 20.1 Å². The maximum Gasteiger partial charge on any atom is 0.472 e. The van der Waals surface area contributed by atoms with E-state index in [1.165, 1.54) is 193 Å². The van der Waals surface area contributed by atoms with Crippen LogP contribution in [-0.2, 0) is 32.7 Å². The molecule has 0 saturated heterocycles. The summed E-state index contributed by atoms with van der Waals surface area (Å²) in [7, 11) is -4.41. The van der Waals surface area contributed by atoms with Crippen LogP contribution in [0.5, 0.6) is 0 Å². The fourth-order valence-electron chi connectivity index (χ4n) is 9.15. The van der Waals surface area contributed by atoms with E-state index in [4.69, 9.17) is 24.3 Å². The topological polar surface area (TPSA) is 134 Å². The number of unbranched alkanes of at least 4 members (excludes halogenated alkanes) is 32. The van der Waals surface area contributed by atoms with Gasteiger partial charge in [-0.15, -0.1) is 0 Å². The average Bonchev–Trinajstić information content (AvgIpc) is 3.44. The van der Waals surface area contributed by atoms with Gasteiger partial charge in [0.15, 0.2) is 6.10 Å². The van der Waals surface area contributed by atoms with Gasteiger partial charge in [-0.1, -0.05) is 291 Å². The zero-order valence-corrected chi connectivity index (χ0v) is 52.0. The molecule has 0 radical (unpaired) electrons. The maximum absolute atomic E-state index is 12.7. The highest BCUT2D eigenvalue weighted by atomic mass is 31.2. The minimum Gasteiger partial charge on any atom is -0.462 e. The molecular weight excluding hydrogens is 1000 g/mol. The third-order valence-corrected chi connectivity index (χ3v) is 14.9. The van der Waals surface area contributed by atoms with Crippen molar-refractivity contribution in [1.29, 1.82) is 0 Å². The van der Waals surface area contributed by atoms with E-state index < -0.39 is 32.5 Å². The predicted octanol–water partition coefficient (Wildman–Crippen LogP) is 21.2. The molecule has 2 unspecified atom stereocenters. The molecule has 0 spiro atoms. The van der Waals surface area contributed by atoms with Gasteiger partial charge in [0.25, 0.3) is 0 Å². The highest BCUT2D eigenvalue weighted by Crippen LogP contribution is 2.43. The van der Waals surface area contributed by atoms with Crippen LogP contribution in [0, 0.1) is 0 Å². The van der Waals surface area contributed by atoms with Crippen molar-refractivity contribution in [1.82, 2.24) is 0 Å². The molecule has 0 fully saturated rings. The maximum atomic E-state index is 12.7. The molecule has 0 bridgehead atoms. The minimum atomic E-state index is -4.41. The molecule has 0 rings (SSSR count). The Morgan fingerprint density at radius 3 is 1.09 bits per heavy atom. The molecule has 0 aromatic carbocycles. The minimum absolute atomic E-state index is 0.0405. The van der Waals surface area contributed by atoms with E-state index in [1.54, 1.807) is 0 Å². The first-order chi connectivity index (χ1) is 38.8. The Bertz CT molecular complexity index is 1610. The second-order valence-corrected chi connectivity index (χ2v) is 23.1. The summed E-state index contributed by atoms with van der Waals surface area (Å²) in [5.41, 5.74) is 5.38. The second-order valence-electron chi connectivity index (χ2n) is 21.6. The number of hydrogen-bond acceptors (Lipinski definition) is 8. The van der Waals surface area contributed by atoms with Gasteiger partial charge in [-0.3, -0.25) is 18.6 Å². The molecule has 0 aromatic heterocycles. The SMILES string of the molecule is CC/C=C\C/C=C\C/C=C\C/C=C\C/C=C\C/C=C\C/C=C\CCCC(=O)OC(COC(=O)CCCCCCCCCCCCCCCCCCCCCCCCC/C=C\CCCCCCCCCC)COP(=O)(O)OCCN. The highest BCUT2D eigenvalue weighted by molar-refractivity contribution is 7.47. The van der Waals surface area contributed by atoms with Crippen molar-refractivity contribution in [2.24, 2.45) is 5.73 Å². The van der Waals surface area contributed by atoms with Gasteiger partial charge in [0.05, 0.1) is 13.2 Å². The molecule has 0 aromatic rings. The molecule has 0 aliphatic heterocycles. The summed E-state index contributed by atoms with van der Waals surface area (Å²) < 4.78 is 33.0. The monoisotopic (exact) mass is 1120 g/mol. The van der Waals surface area contributed by atoms with Crippen LogP contribution in [0.4, 0.5) is 0 Å². The van der Waals surface area contributed by atoms with Crippen molar-refractivity contribution in [3.05, 3.63) is 97.2 Å². The summed E-state index contributed by atoms with van der Waals surface area (Å²) in [5.74, 6) is -0.893. The van der Waals surface area contributed by atoms with Crippen LogP contribution in [0.3, 0.4) is 0 Å². The average molecular weight is 1120 g/mol. The summed E-state index contributed by atoms with van der Waals surface area (Å²) in [6, 6.07) is 0. The first-order valence-electron chi connectivity index (χ1n) is 32.7. The summed E-state index contributed by atoms with van der Waals surface area (Å²) >= 11 is 0. The van der Waals surface area contributed by atoms with Gasteiger partial charge >= 0.3 is 19.8 Å². The van der Waals surface area contributed by atoms with Crippen molar-refractivity contribution in [2.45, 2.75) is 302 Å². The van der Waals surface area contributed by atoms with Gasteiger partial charge in [0.2, 0.25) is 0 Å². The zero-order chi connectivity index (χ0) is 57.3. The molecule has 0 aliphatic carbocycles. The number of ether oxygens (including phenoxy) is 2. The lowest BCUT2D eigenvalue weighted by Crippen LogP contribution is -2.29. The first kappa shape index (κ1) is 75.9. The van der Waals surface area contributed by atoms with E-state index in [2.05, 4.69) is 105 Å². The van der Waals surface area contributed by atoms with E-state index in [0.29, 0.717) is 12.8 Å². The van der Waals surface area contributed by atoms with Gasteiger partial charge in [0.1, 0.15) is 6.61 Å². The number of phosphoric acid groups is 1. The highest BCUT2D eigenvalue weighted by Gasteiger charge is 2.26. The van der Waals surface area contributed by atoms with E-state index in [-0.39, 0.29) is 32.6 Å². The molecule has 2 atom stereocenters. The van der Waals surface area contributed by atoms with Gasteiger partial charge in [-0.2, -0.15) is 0 Å². The third kappa shape index (κ3) is 64.0. The number of rotatable bonds is 61. The Hall–Kier alpha value is -3.07. The number of carbonyl (C=O) groups is 2. The van der Waals surface area contributed by atoms with Crippen LogP contribution in [0.25, 0.3) is 0 Å². The van der Waals surface area contributed by atoms with Crippen LogP contribution in [-0.4, -0.2) is 49.3 Å². The number of phosphoric ester groups is 1. The molecule has 0 aliphatic rings. The zero-order valence-electron chi connectivity index (χ0n) is 51.1. The predicted molar refractivity (Wildman–Crippen MR) is 339 cm³/mol. The van der Waals surface area contributed by atoms with Gasteiger partial charge in [-0.05, 0) is 89.9 Å². The summed E-state index contributed by atoms with van der Waals surface area (Å²) in [6.07, 6.45) is 86.6. The number of esters is 2. The van der Waals surface area contributed by atoms with E-state index in [1.807, 2.05) is 6.08 Å². The summed E-state index contributed by atoms with van der Waals surface area (Å²) in [6.45, 7) is 3.59. The number of hydrogen-bond donors (Lipinski definition) is 2. The molecule has 79 heavy (non-hydrogen) atoms. The Kier molecular flexibility index (Phi) is 61.6. The smallest absolute Gasteiger partial charge is 0.462 e. The molecule has 0 saturated carbocycles. The van der Waals surface area contributed by atoms with E-state index >= 15 is 0 Å². The first-order valence-corrected chi connectivity index (χ1v) is 34.2. The largest absolute Gasteiger partial charge is 0.472 e. The molecule has 0 amide bonds. The quantitative estimate of drug-likeness (QED) is 0.0264. The Labute approximate surface area is 486 Å². The Morgan fingerprint density at radius 1 is 0.392 bits per heavy atom. The molecule has 3 N–H and O–H groups in total. The Balaban J connectivity index is 3.92. The van der Waals surface area contributed by atoms with Crippen LogP contribution in [0.1, 0.15) is 296 Å². The lowest BCUT2D eigenvalue weighted by atomic mass is 10.0. The van der Waals surface area contributed by atoms with Crippen molar-refractivity contribution < 1.29 is 37.6 Å².